The van der Waals surface area contributed by atoms with Crippen LogP contribution in [0.5, 0.6) is 0 Å². The molecule has 7 nitrogen and oxygen atoms in total. The number of hydrogen-bond donors (Lipinski definition) is 1. The first-order chi connectivity index (χ1) is 15.7. The van der Waals surface area contributed by atoms with Gasteiger partial charge in [-0.1, -0.05) is 0 Å². The SMILES string of the molecule is C=N/C=C(\C=C(/C)c1ccc2c(n1)N(C(=O)Nc1ccc(F)cn1)[C@H]1CCN2C1)C(F)(F)F. The molecule has 172 valence electrons. The average Bonchev–Trinajstić information content (AvgIpc) is 3.18. The van der Waals surface area contributed by atoms with Crippen LogP contribution in [0.25, 0.3) is 5.57 Å². The van der Waals surface area contributed by atoms with Crippen molar-refractivity contribution in [3.63, 3.8) is 0 Å². The molecule has 0 spiro atoms. The van der Waals surface area contributed by atoms with Crippen LogP contribution < -0.4 is 15.1 Å². The lowest BCUT2D eigenvalue weighted by Crippen LogP contribution is -2.48. The highest BCUT2D eigenvalue weighted by atomic mass is 19.4. The number of aromatic nitrogens is 2. The fourth-order valence-electron chi connectivity index (χ4n) is 3.91. The van der Waals surface area contributed by atoms with Crippen molar-refractivity contribution < 1.29 is 22.4 Å². The van der Waals surface area contributed by atoms with E-state index in [1.807, 2.05) is 0 Å². The van der Waals surface area contributed by atoms with Gasteiger partial charge in [-0.2, -0.15) is 13.2 Å². The Labute approximate surface area is 187 Å². The standard InChI is InChI=1S/C22H20F4N6O/c1-13(9-14(10-27-2)22(24,25)26)17-4-5-18-20(29-17)32(16-7-8-31(18)12-16)21(33)30-19-6-3-15(23)11-28-19/h3-6,9-11,16H,2,7-8,12H2,1H3,(H,28,30,33)/b13-9+,14-10+/t16-/m0/s1. The number of alkyl halides is 3. The van der Waals surface area contributed by atoms with Crippen molar-refractivity contribution in [2.75, 3.05) is 28.2 Å². The molecule has 0 saturated carbocycles. The Morgan fingerprint density at radius 3 is 2.76 bits per heavy atom. The van der Waals surface area contributed by atoms with Gasteiger partial charge in [0.25, 0.3) is 0 Å². The highest BCUT2D eigenvalue weighted by molar-refractivity contribution is 6.04. The molecule has 11 heteroatoms. The monoisotopic (exact) mass is 460 g/mol. The molecular formula is C22H20F4N6O. The minimum Gasteiger partial charge on any atom is -0.366 e. The summed E-state index contributed by atoms with van der Waals surface area (Å²) in [4.78, 5) is 28.3. The number of anilines is 3. The zero-order valence-corrected chi connectivity index (χ0v) is 17.6. The third-order valence-corrected chi connectivity index (χ3v) is 5.47. The van der Waals surface area contributed by atoms with E-state index >= 15 is 0 Å². The highest BCUT2D eigenvalue weighted by Crippen LogP contribution is 2.40. The summed E-state index contributed by atoms with van der Waals surface area (Å²) in [5, 5.41) is 2.64. The van der Waals surface area contributed by atoms with Crippen LogP contribution in [0.3, 0.4) is 0 Å². The van der Waals surface area contributed by atoms with Crippen molar-refractivity contribution in [2.24, 2.45) is 4.99 Å². The zero-order valence-electron chi connectivity index (χ0n) is 17.6. The van der Waals surface area contributed by atoms with E-state index in [9.17, 15) is 22.4 Å². The fraction of sp³-hybridized carbons (Fsp3) is 0.273. The second kappa shape index (κ2) is 8.64. The number of halogens is 4. The summed E-state index contributed by atoms with van der Waals surface area (Å²) in [5.74, 6) is -0.0178. The maximum absolute atomic E-state index is 13.2. The summed E-state index contributed by atoms with van der Waals surface area (Å²) in [6.45, 7) is 5.92. The third-order valence-electron chi connectivity index (χ3n) is 5.47. The first-order valence-electron chi connectivity index (χ1n) is 10.1. The van der Waals surface area contributed by atoms with Crippen molar-refractivity contribution in [2.45, 2.75) is 25.6 Å². The Morgan fingerprint density at radius 2 is 2.09 bits per heavy atom. The molecule has 1 N–H and O–H groups in total. The van der Waals surface area contributed by atoms with Crippen molar-refractivity contribution in [1.82, 2.24) is 9.97 Å². The zero-order chi connectivity index (χ0) is 23.8. The van der Waals surface area contributed by atoms with Crippen molar-refractivity contribution in [3.8, 4) is 0 Å². The smallest absolute Gasteiger partial charge is 0.366 e. The number of amides is 2. The number of aliphatic imine (C=N–C) groups is 1. The molecule has 1 atom stereocenters. The van der Waals surface area contributed by atoms with Gasteiger partial charge in [0.2, 0.25) is 0 Å². The molecule has 0 radical (unpaired) electrons. The Morgan fingerprint density at radius 1 is 1.30 bits per heavy atom. The first-order valence-corrected chi connectivity index (χ1v) is 10.1. The second-order valence-corrected chi connectivity index (χ2v) is 7.68. The van der Waals surface area contributed by atoms with E-state index in [-0.39, 0.29) is 23.1 Å². The van der Waals surface area contributed by atoms with Crippen LogP contribution in [0.15, 0.2) is 53.3 Å². The van der Waals surface area contributed by atoms with Gasteiger partial charge in [0.1, 0.15) is 11.6 Å². The number of carbonyl (C=O) groups is 1. The van der Waals surface area contributed by atoms with Gasteiger partial charge in [-0.15, -0.1) is 0 Å². The molecule has 4 rings (SSSR count). The van der Waals surface area contributed by atoms with E-state index in [4.69, 9.17) is 0 Å². The summed E-state index contributed by atoms with van der Waals surface area (Å²) in [6.07, 6.45) is -1.32. The number of allylic oxidation sites excluding steroid dienone is 3. The van der Waals surface area contributed by atoms with Gasteiger partial charge in [0, 0.05) is 19.3 Å². The molecule has 33 heavy (non-hydrogen) atoms. The van der Waals surface area contributed by atoms with E-state index < -0.39 is 23.6 Å². The second-order valence-electron chi connectivity index (χ2n) is 7.68. The molecular weight excluding hydrogens is 440 g/mol. The minimum absolute atomic E-state index is 0.166. The van der Waals surface area contributed by atoms with Gasteiger partial charge in [0.15, 0.2) is 5.82 Å². The first kappa shape index (κ1) is 22.4. The number of pyridine rings is 2. The molecule has 2 aliphatic heterocycles. The summed E-state index contributed by atoms with van der Waals surface area (Å²) < 4.78 is 52.9. The molecule has 0 unspecified atom stereocenters. The normalized spacial score (nSPS) is 18.3. The van der Waals surface area contributed by atoms with E-state index in [2.05, 4.69) is 31.9 Å². The topological polar surface area (TPSA) is 73.7 Å². The molecule has 2 aromatic heterocycles. The van der Waals surface area contributed by atoms with Crippen LogP contribution in [-0.2, 0) is 0 Å². The molecule has 1 saturated heterocycles. The Hall–Kier alpha value is -3.76. The van der Waals surface area contributed by atoms with E-state index in [0.29, 0.717) is 30.7 Å². The van der Waals surface area contributed by atoms with Crippen molar-refractivity contribution >= 4 is 35.6 Å². The molecule has 2 amide bonds. The predicted octanol–water partition coefficient (Wildman–Crippen LogP) is 4.80. The van der Waals surface area contributed by atoms with Gasteiger partial charge in [-0.25, -0.2) is 19.2 Å². The minimum atomic E-state index is -4.60. The summed E-state index contributed by atoms with van der Waals surface area (Å²) in [5.41, 5.74) is 0.281. The summed E-state index contributed by atoms with van der Waals surface area (Å²) in [7, 11) is 0. The van der Waals surface area contributed by atoms with Gasteiger partial charge in [-0.05, 0) is 56.0 Å². The molecule has 2 aromatic rings. The summed E-state index contributed by atoms with van der Waals surface area (Å²) in [6, 6.07) is 5.22. The van der Waals surface area contributed by atoms with E-state index in [1.54, 1.807) is 12.1 Å². The van der Waals surface area contributed by atoms with Gasteiger partial charge < -0.3 is 4.90 Å². The lowest BCUT2D eigenvalue weighted by Gasteiger charge is -2.35. The molecule has 4 heterocycles. The molecule has 0 aromatic carbocycles. The Balaban J connectivity index is 1.69. The molecule has 2 aliphatic rings. The quantitative estimate of drug-likeness (QED) is 0.404. The van der Waals surface area contributed by atoms with Crippen LogP contribution in [0.1, 0.15) is 19.0 Å². The third kappa shape index (κ3) is 4.57. The lowest BCUT2D eigenvalue weighted by atomic mass is 10.1. The van der Waals surface area contributed by atoms with Crippen LogP contribution in [-0.4, -0.2) is 48.0 Å². The van der Waals surface area contributed by atoms with Crippen molar-refractivity contribution in [3.05, 3.63) is 59.8 Å². The largest absolute Gasteiger partial charge is 0.417 e. The number of nitrogens with one attached hydrogen (secondary N) is 1. The number of fused-ring (bicyclic) bond motifs is 4. The number of carbonyl (C=O) groups excluding carboxylic acids is 1. The van der Waals surface area contributed by atoms with Crippen LogP contribution in [0, 0.1) is 5.82 Å². The van der Waals surface area contributed by atoms with Gasteiger partial charge in [-0.3, -0.25) is 15.2 Å². The van der Waals surface area contributed by atoms with E-state index in [1.165, 1.54) is 24.0 Å². The predicted molar refractivity (Wildman–Crippen MR) is 118 cm³/mol. The van der Waals surface area contributed by atoms with Gasteiger partial charge >= 0.3 is 12.2 Å². The Bertz CT molecular complexity index is 1140. The molecule has 0 aliphatic carbocycles. The Kier molecular flexibility index (Phi) is 5.88. The number of urea groups is 1. The van der Waals surface area contributed by atoms with Crippen molar-refractivity contribution in [1.29, 1.82) is 0 Å². The maximum atomic E-state index is 13.2. The van der Waals surface area contributed by atoms with Crippen LogP contribution in [0.2, 0.25) is 0 Å². The maximum Gasteiger partial charge on any atom is 0.417 e. The molecule has 2 bridgehead atoms. The number of rotatable bonds is 4. The highest BCUT2D eigenvalue weighted by Gasteiger charge is 2.40. The molecule has 1 fully saturated rings. The van der Waals surface area contributed by atoms with Crippen LogP contribution >= 0.6 is 0 Å². The summed E-state index contributed by atoms with van der Waals surface area (Å²) >= 11 is 0. The fourth-order valence-corrected chi connectivity index (χ4v) is 3.91. The number of hydrogen-bond acceptors (Lipinski definition) is 5. The average molecular weight is 460 g/mol. The lowest BCUT2D eigenvalue weighted by molar-refractivity contribution is -0.0883. The van der Waals surface area contributed by atoms with E-state index in [0.717, 1.165) is 18.8 Å². The number of nitrogens with zero attached hydrogens (tertiary/aromatic N) is 5. The van der Waals surface area contributed by atoms with Gasteiger partial charge in [0.05, 0.1) is 29.2 Å². The van der Waals surface area contributed by atoms with Crippen LogP contribution in [0.4, 0.5) is 39.7 Å².